The number of hydrogen-bond donors (Lipinski definition) is 0. The largest absolute Gasteiger partial charge is 0.337 e. The van der Waals surface area contributed by atoms with E-state index in [1.165, 1.54) is 0 Å². The molecule has 1 aromatic carbocycles. The number of aromatic nitrogens is 3. The molecule has 0 saturated heterocycles. The predicted octanol–water partition coefficient (Wildman–Crippen LogP) is 2.24. The molecular formula is C16H16N4O. The fraction of sp³-hybridized carbons (Fsp3) is 0.188. The molecule has 0 radical (unpaired) electrons. The van der Waals surface area contributed by atoms with E-state index in [4.69, 9.17) is 0 Å². The van der Waals surface area contributed by atoms with Gasteiger partial charge in [-0.3, -0.25) is 14.5 Å². The fourth-order valence-electron chi connectivity index (χ4n) is 2.39. The third kappa shape index (κ3) is 2.63. The Morgan fingerprint density at radius 2 is 2.14 bits per heavy atom. The van der Waals surface area contributed by atoms with Gasteiger partial charge in [0, 0.05) is 49.5 Å². The minimum atomic E-state index is -0.0162. The molecule has 21 heavy (non-hydrogen) atoms. The van der Waals surface area contributed by atoms with Gasteiger partial charge in [0.05, 0.1) is 11.7 Å². The highest BCUT2D eigenvalue weighted by Gasteiger charge is 2.15. The lowest BCUT2D eigenvalue weighted by atomic mass is 10.1. The van der Waals surface area contributed by atoms with E-state index in [9.17, 15) is 4.79 Å². The summed E-state index contributed by atoms with van der Waals surface area (Å²) in [6, 6.07) is 9.38. The van der Waals surface area contributed by atoms with Crippen LogP contribution in [0.3, 0.4) is 0 Å². The van der Waals surface area contributed by atoms with E-state index in [-0.39, 0.29) is 5.91 Å². The summed E-state index contributed by atoms with van der Waals surface area (Å²) in [7, 11) is 3.66. The highest BCUT2D eigenvalue weighted by Crippen LogP contribution is 2.18. The number of nitrogens with zero attached hydrogens (tertiary/aromatic N) is 4. The number of benzene rings is 1. The van der Waals surface area contributed by atoms with E-state index in [0.717, 1.165) is 16.5 Å². The van der Waals surface area contributed by atoms with Crippen molar-refractivity contribution in [3.05, 3.63) is 60.0 Å². The number of aryl methyl sites for hydroxylation is 1. The molecule has 0 fully saturated rings. The van der Waals surface area contributed by atoms with Gasteiger partial charge in [-0.25, -0.2) is 0 Å². The van der Waals surface area contributed by atoms with Crippen LogP contribution in [0.5, 0.6) is 0 Å². The van der Waals surface area contributed by atoms with Crippen molar-refractivity contribution in [1.29, 1.82) is 0 Å². The number of pyridine rings is 1. The van der Waals surface area contributed by atoms with E-state index in [2.05, 4.69) is 10.1 Å². The van der Waals surface area contributed by atoms with Crippen molar-refractivity contribution in [3.63, 3.8) is 0 Å². The van der Waals surface area contributed by atoms with Gasteiger partial charge in [0.1, 0.15) is 0 Å². The summed E-state index contributed by atoms with van der Waals surface area (Å²) in [5, 5.41) is 5.00. The molecule has 3 aromatic rings. The average Bonchev–Trinajstić information content (AvgIpc) is 2.91. The second-order valence-electron chi connectivity index (χ2n) is 5.06. The molecule has 0 aliphatic heterocycles. The second-order valence-corrected chi connectivity index (χ2v) is 5.06. The minimum absolute atomic E-state index is 0.0162. The maximum atomic E-state index is 12.6. The summed E-state index contributed by atoms with van der Waals surface area (Å²) in [6.07, 6.45) is 5.42. The zero-order valence-corrected chi connectivity index (χ0v) is 12.0. The lowest BCUT2D eigenvalue weighted by molar-refractivity contribution is 0.0787. The van der Waals surface area contributed by atoms with Crippen molar-refractivity contribution >= 4 is 16.8 Å². The van der Waals surface area contributed by atoms with Gasteiger partial charge in [-0.2, -0.15) is 5.10 Å². The van der Waals surface area contributed by atoms with Crippen molar-refractivity contribution in [2.45, 2.75) is 6.54 Å². The highest BCUT2D eigenvalue weighted by atomic mass is 16.2. The molecule has 2 aromatic heterocycles. The molecule has 0 unspecified atom stereocenters. The van der Waals surface area contributed by atoms with Crippen LogP contribution in [0.1, 0.15) is 15.9 Å². The Bertz CT molecular complexity index is 788. The Kier molecular flexibility index (Phi) is 3.39. The monoisotopic (exact) mass is 280 g/mol. The van der Waals surface area contributed by atoms with Crippen molar-refractivity contribution in [3.8, 4) is 0 Å². The zero-order valence-electron chi connectivity index (χ0n) is 12.0. The van der Waals surface area contributed by atoms with Crippen molar-refractivity contribution < 1.29 is 4.79 Å². The van der Waals surface area contributed by atoms with E-state index in [1.807, 2.05) is 43.6 Å². The third-order valence-electron chi connectivity index (χ3n) is 3.40. The van der Waals surface area contributed by atoms with Crippen LogP contribution in [-0.2, 0) is 13.6 Å². The average molecular weight is 280 g/mol. The molecule has 0 atom stereocenters. The van der Waals surface area contributed by atoms with Gasteiger partial charge < -0.3 is 4.90 Å². The fourth-order valence-corrected chi connectivity index (χ4v) is 2.39. The molecular weight excluding hydrogens is 264 g/mol. The molecule has 1 amide bonds. The number of hydrogen-bond acceptors (Lipinski definition) is 3. The molecule has 5 nitrogen and oxygen atoms in total. The SMILES string of the molecule is CN(Cc1cnn(C)c1)C(=O)c1cccc2ncccc12. The molecule has 0 aliphatic rings. The Labute approximate surface area is 122 Å². The standard InChI is InChI=1S/C16H16N4O/c1-19(10-12-9-18-20(2)11-12)16(21)14-5-3-7-15-13(14)6-4-8-17-15/h3-9,11H,10H2,1-2H3. The summed E-state index contributed by atoms with van der Waals surface area (Å²) in [5.74, 6) is -0.0162. The molecule has 0 aliphatic carbocycles. The van der Waals surface area contributed by atoms with Crippen LogP contribution in [0.15, 0.2) is 48.9 Å². The van der Waals surface area contributed by atoms with Crippen molar-refractivity contribution in [1.82, 2.24) is 19.7 Å². The van der Waals surface area contributed by atoms with Crippen LogP contribution < -0.4 is 0 Å². The molecule has 5 heteroatoms. The number of rotatable bonds is 3. The quantitative estimate of drug-likeness (QED) is 0.739. The van der Waals surface area contributed by atoms with Crippen LogP contribution in [0, 0.1) is 0 Å². The Morgan fingerprint density at radius 1 is 1.29 bits per heavy atom. The van der Waals surface area contributed by atoms with Crippen molar-refractivity contribution in [2.75, 3.05) is 7.05 Å². The van der Waals surface area contributed by atoms with Gasteiger partial charge in [-0.05, 0) is 18.2 Å². The van der Waals surface area contributed by atoms with Gasteiger partial charge in [-0.1, -0.05) is 12.1 Å². The maximum Gasteiger partial charge on any atom is 0.254 e. The van der Waals surface area contributed by atoms with E-state index < -0.39 is 0 Å². The number of carbonyl (C=O) groups is 1. The highest BCUT2D eigenvalue weighted by molar-refractivity contribution is 6.05. The number of amides is 1. The van der Waals surface area contributed by atoms with Crippen LogP contribution in [0.2, 0.25) is 0 Å². The van der Waals surface area contributed by atoms with E-state index in [1.54, 1.807) is 29.0 Å². The van der Waals surface area contributed by atoms with Crippen LogP contribution >= 0.6 is 0 Å². The Hall–Kier alpha value is -2.69. The normalized spacial score (nSPS) is 10.8. The number of carbonyl (C=O) groups excluding carboxylic acids is 1. The zero-order chi connectivity index (χ0) is 14.8. The molecule has 0 N–H and O–H groups in total. The summed E-state index contributed by atoms with van der Waals surface area (Å²) < 4.78 is 1.73. The molecule has 0 saturated carbocycles. The van der Waals surface area contributed by atoms with Crippen molar-refractivity contribution in [2.24, 2.45) is 7.05 Å². The molecule has 0 spiro atoms. The van der Waals surface area contributed by atoms with Gasteiger partial charge in [0.25, 0.3) is 5.91 Å². The first-order valence-electron chi connectivity index (χ1n) is 6.72. The summed E-state index contributed by atoms with van der Waals surface area (Å²) in [4.78, 5) is 18.6. The third-order valence-corrected chi connectivity index (χ3v) is 3.40. The summed E-state index contributed by atoms with van der Waals surface area (Å²) in [5.41, 5.74) is 2.51. The van der Waals surface area contributed by atoms with Gasteiger partial charge in [-0.15, -0.1) is 0 Å². The Morgan fingerprint density at radius 3 is 2.90 bits per heavy atom. The smallest absolute Gasteiger partial charge is 0.254 e. The summed E-state index contributed by atoms with van der Waals surface area (Å²) >= 11 is 0. The molecule has 0 bridgehead atoms. The van der Waals surface area contributed by atoms with Crippen LogP contribution in [0.25, 0.3) is 10.9 Å². The number of fused-ring (bicyclic) bond motifs is 1. The molecule has 3 rings (SSSR count). The molecule has 106 valence electrons. The first-order valence-corrected chi connectivity index (χ1v) is 6.72. The maximum absolute atomic E-state index is 12.6. The van der Waals surface area contributed by atoms with E-state index >= 15 is 0 Å². The predicted molar refractivity (Wildman–Crippen MR) is 80.7 cm³/mol. The topological polar surface area (TPSA) is 51.0 Å². The first kappa shape index (κ1) is 13.3. The lowest BCUT2D eigenvalue weighted by Crippen LogP contribution is -2.26. The Balaban J connectivity index is 1.89. The van der Waals surface area contributed by atoms with E-state index in [0.29, 0.717) is 12.1 Å². The van der Waals surface area contributed by atoms with Gasteiger partial charge in [0.15, 0.2) is 0 Å². The minimum Gasteiger partial charge on any atom is -0.337 e. The van der Waals surface area contributed by atoms with Gasteiger partial charge in [0.2, 0.25) is 0 Å². The van der Waals surface area contributed by atoms with Crippen LogP contribution in [0.4, 0.5) is 0 Å². The van der Waals surface area contributed by atoms with Crippen LogP contribution in [-0.4, -0.2) is 32.6 Å². The lowest BCUT2D eigenvalue weighted by Gasteiger charge is -2.17. The van der Waals surface area contributed by atoms with Gasteiger partial charge >= 0.3 is 0 Å². The second kappa shape index (κ2) is 5.36. The summed E-state index contributed by atoms with van der Waals surface area (Å²) in [6.45, 7) is 0.531. The molecule has 2 heterocycles. The first-order chi connectivity index (χ1) is 10.1.